The van der Waals surface area contributed by atoms with E-state index in [1.54, 1.807) is 18.5 Å². The summed E-state index contributed by atoms with van der Waals surface area (Å²) in [5, 5.41) is 5.23. The summed E-state index contributed by atoms with van der Waals surface area (Å²) >= 11 is 0. The molecule has 3 rings (SSSR count). The lowest BCUT2D eigenvalue weighted by molar-refractivity contribution is -0.0370. The standard InChI is InChI=1S/C11H14N4O/c12-9-4-5-13-11-8(9)7-14-15(11)10-3-1-2-6-16-10/h4-5,7,10H,1-3,6H2,(H2,12,13). The van der Waals surface area contributed by atoms with Crippen molar-refractivity contribution in [2.45, 2.75) is 25.5 Å². The lowest BCUT2D eigenvalue weighted by Gasteiger charge is -2.22. The van der Waals surface area contributed by atoms with E-state index in [-0.39, 0.29) is 6.23 Å². The largest absolute Gasteiger partial charge is 0.398 e. The summed E-state index contributed by atoms with van der Waals surface area (Å²) in [5.74, 6) is 0. The number of fused-ring (bicyclic) bond motifs is 1. The van der Waals surface area contributed by atoms with Gasteiger partial charge < -0.3 is 10.5 Å². The minimum atomic E-state index is 0.0144. The van der Waals surface area contributed by atoms with E-state index in [9.17, 15) is 0 Å². The first-order valence-electron chi connectivity index (χ1n) is 5.55. The highest BCUT2D eigenvalue weighted by Gasteiger charge is 2.19. The van der Waals surface area contributed by atoms with E-state index in [4.69, 9.17) is 10.5 Å². The van der Waals surface area contributed by atoms with E-state index >= 15 is 0 Å². The van der Waals surface area contributed by atoms with Gasteiger partial charge in [-0.3, -0.25) is 0 Å². The van der Waals surface area contributed by atoms with Crippen LogP contribution in [0, 0.1) is 0 Å². The molecule has 1 aliphatic heterocycles. The molecule has 84 valence electrons. The zero-order chi connectivity index (χ0) is 11.0. The van der Waals surface area contributed by atoms with Crippen LogP contribution in [0.3, 0.4) is 0 Å². The summed E-state index contributed by atoms with van der Waals surface area (Å²) in [5.41, 5.74) is 7.39. The van der Waals surface area contributed by atoms with E-state index in [1.807, 2.05) is 4.68 Å². The van der Waals surface area contributed by atoms with Crippen LogP contribution in [0.1, 0.15) is 25.5 Å². The maximum atomic E-state index is 5.86. The lowest BCUT2D eigenvalue weighted by Crippen LogP contribution is -2.19. The third-order valence-corrected chi connectivity index (χ3v) is 2.96. The maximum absolute atomic E-state index is 5.86. The van der Waals surface area contributed by atoms with Gasteiger partial charge in [0.05, 0.1) is 11.6 Å². The number of aromatic nitrogens is 3. The van der Waals surface area contributed by atoms with Crippen LogP contribution in [0.5, 0.6) is 0 Å². The molecule has 5 heteroatoms. The molecule has 1 fully saturated rings. The van der Waals surface area contributed by atoms with Crippen LogP contribution in [-0.2, 0) is 4.74 Å². The van der Waals surface area contributed by atoms with Crippen LogP contribution in [0.15, 0.2) is 18.5 Å². The molecule has 5 nitrogen and oxygen atoms in total. The number of rotatable bonds is 1. The van der Waals surface area contributed by atoms with Gasteiger partial charge in [-0.1, -0.05) is 0 Å². The third kappa shape index (κ3) is 1.44. The quantitative estimate of drug-likeness (QED) is 0.791. The van der Waals surface area contributed by atoms with Crippen LogP contribution in [0.4, 0.5) is 5.69 Å². The zero-order valence-corrected chi connectivity index (χ0v) is 8.97. The molecule has 0 saturated carbocycles. The number of hydrogen-bond acceptors (Lipinski definition) is 4. The predicted molar refractivity (Wildman–Crippen MR) is 60.8 cm³/mol. The second kappa shape index (κ2) is 3.75. The first-order valence-corrected chi connectivity index (χ1v) is 5.55. The number of nitrogen functional groups attached to an aromatic ring is 1. The topological polar surface area (TPSA) is 66.0 Å². The molecule has 0 amide bonds. The Morgan fingerprint density at radius 3 is 3.19 bits per heavy atom. The Morgan fingerprint density at radius 2 is 2.38 bits per heavy atom. The van der Waals surface area contributed by atoms with Crippen LogP contribution in [-0.4, -0.2) is 21.4 Å². The Hall–Kier alpha value is -1.62. The van der Waals surface area contributed by atoms with Gasteiger partial charge in [-0.25, -0.2) is 9.67 Å². The highest BCUT2D eigenvalue weighted by molar-refractivity contribution is 5.87. The SMILES string of the molecule is Nc1ccnc2c1cnn2C1CCCCO1. The molecule has 2 aromatic rings. The van der Waals surface area contributed by atoms with Crippen molar-refractivity contribution in [1.29, 1.82) is 0 Å². The van der Waals surface area contributed by atoms with Crippen LogP contribution >= 0.6 is 0 Å². The Kier molecular flexibility index (Phi) is 2.25. The van der Waals surface area contributed by atoms with Gasteiger partial charge in [0, 0.05) is 18.5 Å². The van der Waals surface area contributed by atoms with E-state index < -0.39 is 0 Å². The number of ether oxygens (including phenoxy) is 1. The summed E-state index contributed by atoms with van der Waals surface area (Å²) in [6.07, 6.45) is 6.78. The molecule has 0 bridgehead atoms. The fourth-order valence-electron chi connectivity index (χ4n) is 2.09. The number of pyridine rings is 1. The first kappa shape index (κ1) is 9.59. The number of nitrogens with zero attached hydrogens (tertiary/aromatic N) is 3. The molecule has 1 atom stereocenters. The average Bonchev–Trinajstić information content (AvgIpc) is 2.75. The molecule has 16 heavy (non-hydrogen) atoms. The van der Waals surface area contributed by atoms with Crippen LogP contribution in [0.25, 0.3) is 11.0 Å². The van der Waals surface area contributed by atoms with Gasteiger partial charge in [-0.05, 0) is 25.3 Å². The summed E-state index contributed by atoms with van der Waals surface area (Å²) in [6, 6.07) is 1.79. The fourth-order valence-corrected chi connectivity index (χ4v) is 2.09. The van der Waals surface area contributed by atoms with Gasteiger partial charge in [0.25, 0.3) is 0 Å². The molecule has 1 unspecified atom stereocenters. The highest BCUT2D eigenvalue weighted by Crippen LogP contribution is 2.26. The van der Waals surface area contributed by atoms with Gasteiger partial charge >= 0.3 is 0 Å². The van der Waals surface area contributed by atoms with Crippen molar-refractivity contribution in [2.75, 3.05) is 12.3 Å². The summed E-state index contributed by atoms with van der Waals surface area (Å²) in [7, 11) is 0. The molecule has 0 spiro atoms. The second-order valence-corrected chi connectivity index (χ2v) is 4.05. The van der Waals surface area contributed by atoms with Crippen molar-refractivity contribution < 1.29 is 4.74 Å². The third-order valence-electron chi connectivity index (χ3n) is 2.96. The maximum Gasteiger partial charge on any atom is 0.162 e. The molecule has 2 N–H and O–H groups in total. The van der Waals surface area contributed by atoms with Gasteiger partial charge in [0.2, 0.25) is 0 Å². The normalized spacial score (nSPS) is 21.4. The monoisotopic (exact) mass is 218 g/mol. The number of hydrogen-bond donors (Lipinski definition) is 1. The minimum Gasteiger partial charge on any atom is -0.398 e. The van der Waals surface area contributed by atoms with Gasteiger partial charge in [-0.2, -0.15) is 5.10 Å². The zero-order valence-electron chi connectivity index (χ0n) is 8.97. The van der Waals surface area contributed by atoms with Crippen molar-refractivity contribution in [2.24, 2.45) is 0 Å². The van der Waals surface area contributed by atoms with Crippen molar-refractivity contribution in [3.05, 3.63) is 18.5 Å². The number of nitrogens with two attached hydrogens (primary N) is 1. The molecule has 2 aromatic heterocycles. The average molecular weight is 218 g/mol. The molecule has 0 aromatic carbocycles. The molecular weight excluding hydrogens is 204 g/mol. The van der Waals surface area contributed by atoms with Crippen molar-refractivity contribution in [3.8, 4) is 0 Å². The first-order chi connectivity index (χ1) is 7.86. The molecule has 1 saturated heterocycles. The van der Waals surface area contributed by atoms with E-state index in [0.29, 0.717) is 5.69 Å². The predicted octanol–water partition coefficient (Wildman–Crippen LogP) is 1.71. The Balaban J connectivity index is 2.06. The van der Waals surface area contributed by atoms with Crippen molar-refractivity contribution in [1.82, 2.24) is 14.8 Å². The van der Waals surface area contributed by atoms with Gasteiger partial charge in [0.1, 0.15) is 0 Å². The van der Waals surface area contributed by atoms with Gasteiger partial charge in [-0.15, -0.1) is 0 Å². The van der Waals surface area contributed by atoms with Crippen molar-refractivity contribution >= 4 is 16.7 Å². The summed E-state index contributed by atoms with van der Waals surface area (Å²) < 4.78 is 7.53. The molecule has 0 aliphatic carbocycles. The van der Waals surface area contributed by atoms with Crippen LogP contribution < -0.4 is 5.73 Å². The Bertz CT molecular complexity index is 502. The molecule has 0 radical (unpaired) electrons. The number of anilines is 1. The van der Waals surface area contributed by atoms with E-state index in [0.717, 1.165) is 30.5 Å². The Morgan fingerprint density at radius 1 is 1.44 bits per heavy atom. The molecule has 3 heterocycles. The molecular formula is C11H14N4O. The summed E-state index contributed by atoms with van der Waals surface area (Å²) in [4.78, 5) is 4.32. The highest BCUT2D eigenvalue weighted by atomic mass is 16.5. The second-order valence-electron chi connectivity index (χ2n) is 4.05. The van der Waals surface area contributed by atoms with Crippen LogP contribution in [0.2, 0.25) is 0 Å². The van der Waals surface area contributed by atoms with E-state index in [2.05, 4.69) is 10.1 Å². The van der Waals surface area contributed by atoms with Crippen molar-refractivity contribution in [3.63, 3.8) is 0 Å². The summed E-state index contributed by atoms with van der Waals surface area (Å²) in [6.45, 7) is 0.800. The van der Waals surface area contributed by atoms with Gasteiger partial charge in [0.15, 0.2) is 11.9 Å². The van der Waals surface area contributed by atoms with E-state index in [1.165, 1.54) is 6.42 Å². The lowest BCUT2D eigenvalue weighted by atomic mass is 10.2. The Labute approximate surface area is 93.2 Å². The molecule has 1 aliphatic rings. The smallest absolute Gasteiger partial charge is 0.162 e. The fraction of sp³-hybridized carbons (Fsp3) is 0.455. The minimum absolute atomic E-state index is 0.0144.